The smallest absolute Gasteiger partial charge is 0.407 e. The average molecular weight is 377 g/mol. The summed E-state index contributed by atoms with van der Waals surface area (Å²) in [7, 11) is 3.55. The number of carbonyl (C=O) groups excluding carboxylic acids is 1. The van der Waals surface area contributed by atoms with Crippen LogP contribution in [0.5, 0.6) is 0 Å². The Bertz CT molecular complexity index is 369. The maximum atomic E-state index is 11.3. The topological polar surface area (TPSA) is 59.6 Å². The largest absolute Gasteiger partial charge is 0.450 e. The molecule has 0 unspecified atom stereocenters. The van der Waals surface area contributed by atoms with Gasteiger partial charge in [0, 0.05) is 30.9 Å². The number of hydrogen-bond acceptors (Lipinski definition) is 6. The molecule has 1 amide bonds. The Balaban J connectivity index is 3.22. The third kappa shape index (κ3) is 19.5. The first-order valence-electron chi connectivity index (χ1n) is 8.47. The molecule has 5 nitrogen and oxygen atoms in total. The number of amides is 1. The number of nitrogens with one attached hydrogen (secondary N) is 2. The summed E-state index contributed by atoms with van der Waals surface area (Å²) in [4.78, 5) is 11.3. The molecule has 24 heavy (non-hydrogen) atoms. The molecule has 0 saturated carbocycles. The van der Waals surface area contributed by atoms with E-state index in [1.165, 1.54) is 0 Å². The number of hydrogen-bond donors (Lipinski definition) is 2. The van der Waals surface area contributed by atoms with E-state index in [1.54, 1.807) is 10.8 Å². The Morgan fingerprint density at radius 2 is 1.88 bits per heavy atom. The van der Waals surface area contributed by atoms with E-state index in [2.05, 4.69) is 36.3 Å². The predicted octanol–water partition coefficient (Wildman–Crippen LogP) is 3.51. The standard InChI is InChI=1S/C17H32N2O3S2/c1-15(2)8-7-9-19-17(20)22-12-6-5-11-21-14-24-23-13-10-18-16(3)4/h15-16,18H,5-6,9-14H2,1-4H3,(H,19,20). The monoisotopic (exact) mass is 376 g/mol. The van der Waals surface area contributed by atoms with Crippen molar-refractivity contribution in [1.29, 1.82) is 0 Å². The van der Waals surface area contributed by atoms with Crippen LogP contribution in [0, 0.1) is 17.8 Å². The fraction of sp³-hybridized carbons (Fsp3) is 0.824. The second-order valence-corrected chi connectivity index (χ2v) is 8.28. The lowest BCUT2D eigenvalue weighted by atomic mass is 10.2. The summed E-state index contributed by atoms with van der Waals surface area (Å²) in [5.74, 6) is 7.94. The van der Waals surface area contributed by atoms with Crippen LogP contribution >= 0.6 is 21.6 Å². The first-order valence-corrected chi connectivity index (χ1v) is 11.0. The molecular weight excluding hydrogens is 344 g/mol. The van der Waals surface area contributed by atoms with Crippen LogP contribution < -0.4 is 10.6 Å². The minimum atomic E-state index is -0.407. The van der Waals surface area contributed by atoms with Gasteiger partial charge in [-0.25, -0.2) is 4.79 Å². The van der Waals surface area contributed by atoms with Crippen LogP contribution in [0.25, 0.3) is 0 Å². The SMILES string of the molecule is CC(C)C#CCNC(=O)OCCCCOCSSCCNC(C)C. The van der Waals surface area contributed by atoms with Gasteiger partial charge in [0.1, 0.15) is 5.94 Å². The molecule has 0 heterocycles. The van der Waals surface area contributed by atoms with Gasteiger partial charge in [-0.3, -0.25) is 0 Å². The molecule has 0 aromatic rings. The predicted molar refractivity (Wildman–Crippen MR) is 105 cm³/mol. The van der Waals surface area contributed by atoms with Crippen molar-refractivity contribution in [2.75, 3.05) is 38.0 Å². The van der Waals surface area contributed by atoms with Gasteiger partial charge in [-0.15, -0.1) is 0 Å². The number of ether oxygens (including phenoxy) is 2. The van der Waals surface area contributed by atoms with Crippen LogP contribution in [0.15, 0.2) is 0 Å². The zero-order valence-electron chi connectivity index (χ0n) is 15.4. The minimum absolute atomic E-state index is 0.316. The highest BCUT2D eigenvalue weighted by Crippen LogP contribution is 2.20. The summed E-state index contributed by atoms with van der Waals surface area (Å²) in [6, 6.07) is 0.545. The summed E-state index contributed by atoms with van der Waals surface area (Å²) < 4.78 is 10.6. The molecule has 0 fully saturated rings. The fourth-order valence-corrected chi connectivity index (χ4v) is 3.05. The highest BCUT2D eigenvalue weighted by molar-refractivity contribution is 8.76. The van der Waals surface area contributed by atoms with Crippen LogP contribution in [0.4, 0.5) is 4.79 Å². The number of carbonyl (C=O) groups is 1. The van der Waals surface area contributed by atoms with E-state index < -0.39 is 6.09 Å². The van der Waals surface area contributed by atoms with Gasteiger partial charge >= 0.3 is 6.09 Å². The van der Waals surface area contributed by atoms with Gasteiger partial charge in [0.05, 0.1) is 13.2 Å². The van der Waals surface area contributed by atoms with Crippen molar-refractivity contribution in [2.45, 2.75) is 46.6 Å². The van der Waals surface area contributed by atoms with Gasteiger partial charge < -0.3 is 20.1 Å². The number of rotatable bonds is 13. The first kappa shape index (κ1) is 23.4. The van der Waals surface area contributed by atoms with Gasteiger partial charge in [-0.05, 0) is 12.8 Å². The summed E-state index contributed by atoms with van der Waals surface area (Å²) >= 11 is 0. The van der Waals surface area contributed by atoms with Crippen molar-refractivity contribution in [3.05, 3.63) is 0 Å². The Morgan fingerprint density at radius 1 is 1.12 bits per heavy atom. The van der Waals surface area contributed by atoms with E-state index in [9.17, 15) is 4.79 Å². The Hall–Kier alpha value is -0.550. The third-order valence-electron chi connectivity index (χ3n) is 2.58. The Kier molecular flexibility index (Phi) is 16.9. The minimum Gasteiger partial charge on any atom is -0.450 e. The molecule has 0 rings (SSSR count). The second kappa shape index (κ2) is 17.3. The van der Waals surface area contributed by atoms with Gasteiger partial charge in [0.2, 0.25) is 0 Å². The molecule has 0 saturated heterocycles. The molecule has 0 aliphatic rings. The van der Waals surface area contributed by atoms with Gasteiger partial charge in [-0.2, -0.15) is 0 Å². The van der Waals surface area contributed by atoms with Crippen LogP contribution in [0.2, 0.25) is 0 Å². The Morgan fingerprint density at radius 3 is 2.58 bits per heavy atom. The van der Waals surface area contributed by atoms with Gasteiger partial charge in [-0.1, -0.05) is 61.1 Å². The van der Waals surface area contributed by atoms with Gasteiger partial charge in [0.25, 0.3) is 0 Å². The fourth-order valence-electron chi connectivity index (χ4n) is 1.47. The summed E-state index contributed by atoms with van der Waals surface area (Å²) in [5, 5.41) is 5.97. The number of alkyl carbamates (subject to hydrolysis) is 1. The lowest BCUT2D eigenvalue weighted by Crippen LogP contribution is -2.25. The normalized spacial score (nSPS) is 10.6. The molecule has 0 aliphatic carbocycles. The quantitative estimate of drug-likeness (QED) is 0.222. The lowest BCUT2D eigenvalue weighted by Gasteiger charge is -2.07. The molecule has 0 radical (unpaired) electrons. The molecule has 0 bridgehead atoms. The van der Waals surface area contributed by atoms with E-state index in [0.29, 0.717) is 37.7 Å². The van der Waals surface area contributed by atoms with Crippen molar-refractivity contribution < 1.29 is 14.3 Å². The van der Waals surface area contributed by atoms with E-state index in [1.807, 2.05) is 24.6 Å². The molecule has 0 spiro atoms. The third-order valence-corrected chi connectivity index (χ3v) is 4.67. The molecular formula is C17H32N2O3S2. The van der Waals surface area contributed by atoms with E-state index in [4.69, 9.17) is 9.47 Å². The van der Waals surface area contributed by atoms with Crippen molar-refractivity contribution in [1.82, 2.24) is 10.6 Å². The highest BCUT2D eigenvalue weighted by Gasteiger charge is 1.99. The second-order valence-electron chi connectivity index (χ2n) is 5.75. The van der Waals surface area contributed by atoms with Crippen molar-refractivity contribution in [3.8, 4) is 11.8 Å². The van der Waals surface area contributed by atoms with Crippen molar-refractivity contribution in [3.63, 3.8) is 0 Å². The van der Waals surface area contributed by atoms with E-state index in [0.717, 1.165) is 25.1 Å². The number of unbranched alkanes of at least 4 members (excludes halogenated alkanes) is 1. The molecule has 0 aliphatic heterocycles. The summed E-state index contributed by atoms with van der Waals surface area (Å²) in [5.41, 5.74) is 0. The van der Waals surface area contributed by atoms with Crippen molar-refractivity contribution >= 4 is 27.7 Å². The summed E-state index contributed by atoms with van der Waals surface area (Å²) in [6.45, 7) is 10.8. The van der Waals surface area contributed by atoms with Crippen LogP contribution in [0.3, 0.4) is 0 Å². The zero-order chi connectivity index (χ0) is 18.0. The maximum Gasteiger partial charge on any atom is 0.407 e. The molecule has 0 aromatic carbocycles. The lowest BCUT2D eigenvalue weighted by molar-refractivity contribution is 0.134. The highest BCUT2D eigenvalue weighted by atomic mass is 33.1. The zero-order valence-corrected chi connectivity index (χ0v) is 17.0. The van der Waals surface area contributed by atoms with Crippen LogP contribution in [-0.2, 0) is 9.47 Å². The molecule has 140 valence electrons. The molecule has 0 atom stereocenters. The van der Waals surface area contributed by atoms with Gasteiger partial charge in [0.15, 0.2) is 0 Å². The molecule has 2 N–H and O–H groups in total. The summed E-state index contributed by atoms with van der Waals surface area (Å²) in [6.07, 6.45) is 1.29. The van der Waals surface area contributed by atoms with E-state index in [-0.39, 0.29) is 0 Å². The van der Waals surface area contributed by atoms with Crippen LogP contribution in [0.1, 0.15) is 40.5 Å². The molecule has 7 heteroatoms. The van der Waals surface area contributed by atoms with E-state index >= 15 is 0 Å². The Labute approximate surface area is 155 Å². The average Bonchev–Trinajstić information content (AvgIpc) is 2.52. The molecule has 0 aromatic heterocycles. The van der Waals surface area contributed by atoms with Crippen LogP contribution in [-0.4, -0.2) is 50.1 Å². The van der Waals surface area contributed by atoms with Crippen molar-refractivity contribution in [2.24, 2.45) is 5.92 Å². The first-order chi connectivity index (χ1) is 11.5. The maximum absolute atomic E-state index is 11.3.